The predicted octanol–water partition coefficient (Wildman–Crippen LogP) is 2.35. The molecule has 0 aliphatic heterocycles. The average Bonchev–Trinajstić information content (AvgIpc) is 2.40. The number of carbonyl (C=O) groups is 2. The summed E-state index contributed by atoms with van der Waals surface area (Å²) < 4.78 is 36.9. The molecular weight excluding hydrogens is 258 g/mol. The molecule has 0 spiro atoms. The van der Waals surface area contributed by atoms with E-state index in [4.69, 9.17) is 0 Å². The van der Waals surface area contributed by atoms with Gasteiger partial charge in [0.2, 0.25) is 0 Å². The van der Waals surface area contributed by atoms with E-state index in [-0.39, 0.29) is 0 Å². The van der Waals surface area contributed by atoms with Gasteiger partial charge in [-0.3, -0.25) is 0 Å². The molecule has 0 saturated heterocycles. The number of hydrogen-bond donors (Lipinski definition) is 0. The van der Waals surface area contributed by atoms with Gasteiger partial charge < -0.3 is 9.47 Å². The summed E-state index contributed by atoms with van der Waals surface area (Å²) in [6.07, 6.45) is 1.81. The molecule has 0 heterocycles. The molecule has 0 N–H and O–H groups in total. The van der Waals surface area contributed by atoms with E-state index in [1.807, 2.05) is 0 Å². The largest absolute Gasteiger partial charge is 0.462 e. The lowest BCUT2D eigenvalue weighted by atomic mass is 9.93. The Bertz CT molecular complexity index is 321. The fraction of sp³-hybridized carbons (Fsp3) is 0.538. The van der Waals surface area contributed by atoms with Crippen molar-refractivity contribution in [2.75, 3.05) is 13.2 Å². The molecule has 108 valence electrons. The molecule has 0 fully saturated rings. The van der Waals surface area contributed by atoms with Gasteiger partial charge in [0.1, 0.15) is 0 Å². The highest BCUT2D eigenvalue weighted by Gasteiger charge is 2.43. The van der Waals surface area contributed by atoms with E-state index in [0.29, 0.717) is 0 Å². The third-order valence-corrected chi connectivity index (χ3v) is 2.60. The summed E-state index contributed by atoms with van der Waals surface area (Å²) in [5.41, 5.74) is 0. The second kappa shape index (κ2) is 7.66. The highest BCUT2D eigenvalue weighted by Crippen LogP contribution is 2.33. The van der Waals surface area contributed by atoms with Crippen LogP contribution in [0.25, 0.3) is 0 Å². The van der Waals surface area contributed by atoms with E-state index in [9.17, 15) is 18.4 Å². The molecule has 0 aromatic heterocycles. The number of hydrogen-bond acceptors (Lipinski definition) is 4. The molecule has 19 heavy (non-hydrogen) atoms. The second-order valence-corrected chi connectivity index (χ2v) is 4.14. The first-order valence-corrected chi connectivity index (χ1v) is 5.71. The number of ether oxygens (including phenoxy) is 2. The lowest BCUT2D eigenvalue weighted by Crippen LogP contribution is -2.39. The highest BCUT2D eigenvalue weighted by atomic mass is 19.3. The zero-order valence-corrected chi connectivity index (χ0v) is 11.0. The van der Waals surface area contributed by atoms with Crippen LogP contribution in [0.2, 0.25) is 0 Å². The number of halogens is 2. The lowest BCUT2D eigenvalue weighted by Gasteiger charge is -2.28. The normalized spacial score (nSPS) is 14.1. The van der Waals surface area contributed by atoms with Crippen LogP contribution in [-0.2, 0) is 19.1 Å². The smallest absolute Gasteiger partial charge is 0.330 e. The van der Waals surface area contributed by atoms with Crippen LogP contribution in [0.1, 0.15) is 13.8 Å². The van der Waals surface area contributed by atoms with E-state index in [1.54, 1.807) is 0 Å². The van der Waals surface area contributed by atoms with Crippen LogP contribution in [-0.4, -0.2) is 31.1 Å². The second-order valence-electron chi connectivity index (χ2n) is 4.14. The Balaban J connectivity index is 4.39. The maximum atomic E-state index is 13.9. The van der Waals surface area contributed by atoms with Gasteiger partial charge in [-0.25, -0.2) is 18.4 Å². The van der Waals surface area contributed by atoms with Crippen molar-refractivity contribution < 1.29 is 27.8 Å². The Morgan fingerprint density at radius 1 is 1.05 bits per heavy atom. The zero-order chi connectivity index (χ0) is 15.1. The Morgan fingerprint density at radius 3 is 1.63 bits per heavy atom. The molecule has 0 rings (SSSR count). The summed E-state index contributed by atoms with van der Waals surface area (Å²) in [5, 5.41) is 0. The zero-order valence-electron chi connectivity index (χ0n) is 11.0. The molecule has 0 aromatic rings. The van der Waals surface area contributed by atoms with Crippen LogP contribution in [0.15, 0.2) is 25.3 Å². The standard InChI is InChI=1S/C13H18F2O4/c1-5-11(16)18-7-9(3)13(14,15)10(4)8-19-12(17)6-2/h5-6,9-10H,1-2,7-8H2,3-4H3. The molecule has 0 amide bonds. The Labute approximate surface area is 111 Å². The fourth-order valence-electron chi connectivity index (χ4n) is 1.24. The Kier molecular flexibility index (Phi) is 6.96. The van der Waals surface area contributed by atoms with Gasteiger partial charge in [0, 0.05) is 12.2 Å². The predicted molar refractivity (Wildman–Crippen MR) is 65.6 cm³/mol. The molecule has 0 radical (unpaired) electrons. The van der Waals surface area contributed by atoms with E-state index in [2.05, 4.69) is 22.6 Å². The third-order valence-electron chi connectivity index (χ3n) is 2.60. The van der Waals surface area contributed by atoms with Crippen molar-refractivity contribution in [3.63, 3.8) is 0 Å². The van der Waals surface area contributed by atoms with E-state index >= 15 is 0 Å². The number of alkyl halides is 2. The molecule has 4 nitrogen and oxygen atoms in total. The Hall–Kier alpha value is -1.72. The van der Waals surface area contributed by atoms with Gasteiger partial charge in [-0.05, 0) is 0 Å². The molecule has 0 saturated carbocycles. The molecule has 0 aliphatic carbocycles. The SMILES string of the molecule is C=CC(=O)OCC(C)C(F)(F)C(C)COC(=O)C=C. The first kappa shape index (κ1) is 17.3. The summed E-state index contributed by atoms with van der Waals surface area (Å²) >= 11 is 0. The van der Waals surface area contributed by atoms with Crippen molar-refractivity contribution in [1.29, 1.82) is 0 Å². The summed E-state index contributed by atoms with van der Waals surface area (Å²) in [7, 11) is 0. The van der Waals surface area contributed by atoms with Crippen LogP contribution < -0.4 is 0 Å². The number of carbonyl (C=O) groups excluding carboxylic acids is 2. The molecule has 0 aromatic carbocycles. The molecule has 6 heteroatoms. The van der Waals surface area contributed by atoms with Gasteiger partial charge >= 0.3 is 11.9 Å². The molecule has 0 bridgehead atoms. The van der Waals surface area contributed by atoms with E-state index in [1.165, 1.54) is 13.8 Å². The Morgan fingerprint density at radius 2 is 1.37 bits per heavy atom. The minimum absolute atomic E-state index is 0.433. The molecule has 2 unspecified atom stereocenters. The monoisotopic (exact) mass is 276 g/mol. The first-order chi connectivity index (χ1) is 8.75. The molecular formula is C13H18F2O4. The highest BCUT2D eigenvalue weighted by molar-refractivity contribution is 5.81. The van der Waals surface area contributed by atoms with Crippen molar-refractivity contribution in [2.24, 2.45) is 11.8 Å². The van der Waals surface area contributed by atoms with Gasteiger partial charge in [-0.1, -0.05) is 27.0 Å². The van der Waals surface area contributed by atoms with Gasteiger partial charge in [0.05, 0.1) is 25.0 Å². The van der Waals surface area contributed by atoms with Gasteiger partial charge in [-0.15, -0.1) is 0 Å². The first-order valence-electron chi connectivity index (χ1n) is 5.71. The maximum absolute atomic E-state index is 13.9. The number of rotatable bonds is 8. The topological polar surface area (TPSA) is 52.6 Å². The molecule has 0 aliphatic rings. The minimum Gasteiger partial charge on any atom is -0.462 e. The van der Waals surface area contributed by atoms with Crippen molar-refractivity contribution in [1.82, 2.24) is 0 Å². The van der Waals surface area contributed by atoms with Crippen LogP contribution in [0, 0.1) is 11.8 Å². The van der Waals surface area contributed by atoms with Gasteiger partial charge in [0.15, 0.2) is 0 Å². The van der Waals surface area contributed by atoms with E-state index < -0.39 is 42.9 Å². The van der Waals surface area contributed by atoms with Crippen LogP contribution in [0.4, 0.5) is 8.78 Å². The summed E-state index contributed by atoms with van der Waals surface area (Å²) in [6, 6.07) is 0. The van der Waals surface area contributed by atoms with E-state index in [0.717, 1.165) is 12.2 Å². The van der Waals surface area contributed by atoms with Crippen molar-refractivity contribution in [3.05, 3.63) is 25.3 Å². The summed E-state index contributed by atoms with van der Waals surface area (Å²) in [4.78, 5) is 21.6. The van der Waals surface area contributed by atoms with Gasteiger partial charge in [-0.2, -0.15) is 0 Å². The van der Waals surface area contributed by atoms with Crippen LogP contribution in [0.5, 0.6) is 0 Å². The molecule has 2 atom stereocenters. The fourth-order valence-corrected chi connectivity index (χ4v) is 1.24. The van der Waals surface area contributed by atoms with Crippen molar-refractivity contribution >= 4 is 11.9 Å². The van der Waals surface area contributed by atoms with Crippen LogP contribution >= 0.6 is 0 Å². The van der Waals surface area contributed by atoms with Crippen LogP contribution in [0.3, 0.4) is 0 Å². The average molecular weight is 276 g/mol. The van der Waals surface area contributed by atoms with Crippen molar-refractivity contribution in [2.45, 2.75) is 19.8 Å². The third kappa shape index (κ3) is 5.63. The van der Waals surface area contributed by atoms with Gasteiger partial charge in [0.25, 0.3) is 5.92 Å². The maximum Gasteiger partial charge on any atom is 0.330 e. The summed E-state index contributed by atoms with van der Waals surface area (Å²) in [6.45, 7) is 7.97. The summed E-state index contributed by atoms with van der Waals surface area (Å²) in [5.74, 6) is -7.05. The lowest BCUT2D eigenvalue weighted by molar-refractivity contribution is -0.158. The minimum atomic E-state index is -3.14. The number of esters is 2. The quantitative estimate of drug-likeness (QED) is 0.504. The van der Waals surface area contributed by atoms with Crippen molar-refractivity contribution in [3.8, 4) is 0 Å².